The molecule has 0 saturated carbocycles. The van der Waals surface area contributed by atoms with Crippen molar-refractivity contribution in [3.8, 4) is 22.6 Å². The van der Waals surface area contributed by atoms with Crippen molar-refractivity contribution in [2.75, 3.05) is 20.8 Å². The maximum Gasteiger partial charge on any atom is 0.193 e. The lowest BCUT2D eigenvalue weighted by Crippen LogP contribution is -2.22. The van der Waals surface area contributed by atoms with E-state index in [0.717, 1.165) is 17.0 Å². The zero-order valence-electron chi connectivity index (χ0n) is 18.7. The van der Waals surface area contributed by atoms with E-state index in [1.54, 1.807) is 18.7 Å². The summed E-state index contributed by atoms with van der Waals surface area (Å²) in [5.41, 5.74) is 3.71. The molecule has 3 aromatic heterocycles. The predicted molar refractivity (Wildman–Crippen MR) is 131 cm³/mol. The number of halogens is 2. The minimum atomic E-state index is -1.21. The highest BCUT2D eigenvalue weighted by molar-refractivity contribution is 7.17. The molecule has 0 saturated heterocycles. The molecule has 3 heterocycles. The lowest BCUT2D eigenvalue weighted by Gasteiger charge is -2.15. The molecule has 0 bridgehead atoms. The van der Waals surface area contributed by atoms with Gasteiger partial charge in [-0.1, -0.05) is 31.2 Å². The zero-order chi connectivity index (χ0) is 23.0. The SMILES string of the molecule is COc1c(-c2cn(COCC[Si](C)(C)C)c3nc(Cl)ccc23)c(OC)c2scnc2c1F. The molecule has 0 atom stereocenters. The van der Waals surface area contributed by atoms with Crippen molar-refractivity contribution >= 4 is 52.3 Å². The first-order valence-electron chi connectivity index (χ1n) is 10.1. The number of aromatic nitrogens is 3. The van der Waals surface area contributed by atoms with Gasteiger partial charge in [0.1, 0.15) is 33.5 Å². The Morgan fingerprint density at radius 3 is 2.59 bits per heavy atom. The van der Waals surface area contributed by atoms with E-state index in [9.17, 15) is 0 Å². The van der Waals surface area contributed by atoms with E-state index >= 15 is 4.39 Å². The van der Waals surface area contributed by atoms with Gasteiger partial charge in [0.05, 0.1) is 25.3 Å². The second-order valence-corrected chi connectivity index (χ2v) is 15.5. The number of fused-ring (bicyclic) bond motifs is 2. The number of hydrogen-bond donors (Lipinski definition) is 0. The molecule has 6 nitrogen and oxygen atoms in total. The van der Waals surface area contributed by atoms with Crippen LogP contribution < -0.4 is 9.47 Å². The minimum absolute atomic E-state index is 0.0777. The van der Waals surface area contributed by atoms with E-state index in [1.807, 2.05) is 16.8 Å². The third-order valence-electron chi connectivity index (χ3n) is 5.23. The van der Waals surface area contributed by atoms with Crippen LogP contribution in [-0.4, -0.2) is 43.4 Å². The Labute approximate surface area is 195 Å². The summed E-state index contributed by atoms with van der Waals surface area (Å²) in [6.07, 6.45) is 1.88. The van der Waals surface area contributed by atoms with Gasteiger partial charge in [0.2, 0.25) is 0 Å². The average molecular weight is 494 g/mol. The molecule has 4 aromatic rings. The van der Waals surface area contributed by atoms with Crippen molar-refractivity contribution < 1.29 is 18.6 Å². The van der Waals surface area contributed by atoms with Crippen LogP contribution in [0.1, 0.15) is 0 Å². The Bertz CT molecular complexity index is 1290. The Kier molecular flexibility index (Phi) is 6.44. The molecule has 0 aliphatic carbocycles. The van der Waals surface area contributed by atoms with E-state index in [1.165, 1.54) is 18.4 Å². The molecule has 0 spiro atoms. The molecular formula is C22H25ClFN3O3SSi. The number of rotatable bonds is 8. The van der Waals surface area contributed by atoms with Gasteiger partial charge in [0, 0.05) is 31.8 Å². The summed E-state index contributed by atoms with van der Waals surface area (Å²) in [5, 5.41) is 1.16. The molecule has 10 heteroatoms. The molecule has 0 unspecified atom stereocenters. The normalized spacial score (nSPS) is 12.1. The number of hydrogen-bond acceptors (Lipinski definition) is 6. The summed E-state index contributed by atoms with van der Waals surface area (Å²) in [6, 6.07) is 4.64. The molecule has 170 valence electrons. The molecule has 1 aromatic carbocycles. The largest absolute Gasteiger partial charge is 0.494 e. The number of ether oxygens (including phenoxy) is 3. The maximum absolute atomic E-state index is 15.3. The molecular weight excluding hydrogens is 469 g/mol. The Hall–Kier alpha value is -2.20. The number of pyridine rings is 1. The summed E-state index contributed by atoms with van der Waals surface area (Å²) in [5.74, 6) is 0.0667. The van der Waals surface area contributed by atoms with Crippen molar-refractivity contribution in [2.24, 2.45) is 0 Å². The van der Waals surface area contributed by atoms with Crippen LogP contribution in [-0.2, 0) is 11.5 Å². The van der Waals surface area contributed by atoms with E-state index in [0.29, 0.717) is 40.2 Å². The summed E-state index contributed by atoms with van der Waals surface area (Å²) in [6.45, 7) is 7.90. The molecule has 0 amide bonds. The smallest absolute Gasteiger partial charge is 0.193 e. The fourth-order valence-corrected chi connectivity index (χ4v) is 5.32. The monoisotopic (exact) mass is 493 g/mol. The van der Waals surface area contributed by atoms with Gasteiger partial charge in [-0.3, -0.25) is 0 Å². The van der Waals surface area contributed by atoms with Gasteiger partial charge >= 0.3 is 0 Å². The molecule has 0 aliphatic heterocycles. The maximum atomic E-state index is 15.3. The third kappa shape index (κ3) is 4.22. The standard InChI is InChI=1S/C22H25ClFN3O3SSi/c1-28-19-16(20(29-2)21-18(17(19)24)25-11-31-21)14-10-27(12-30-8-9-32(3,4)5)22-13(14)6-7-15(23)26-22/h6-7,10-11H,8-9,12H2,1-5H3. The zero-order valence-corrected chi connectivity index (χ0v) is 21.2. The van der Waals surface area contributed by atoms with Crippen molar-refractivity contribution in [3.05, 3.63) is 34.8 Å². The van der Waals surface area contributed by atoms with Crippen LogP contribution in [0.2, 0.25) is 30.8 Å². The van der Waals surface area contributed by atoms with Crippen LogP contribution in [0.3, 0.4) is 0 Å². The lowest BCUT2D eigenvalue weighted by molar-refractivity contribution is 0.0899. The number of benzene rings is 1. The van der Waals surface area contributed by atoms with Gasteiger partial charge in [-0.2, -0.15) is 0 Å². The first-order chi connectivity index (χ1) is 15.2. The Morgan fingerprint density at radius 1 is 1.16 bits per heavy atom. The van der Waals surface area contributed by atoms with Gasteiger partial charge in [0.15, 0.2) is 11.6 Å². The summed E-state index contributed by atoms with van der Waals surface area (Å²) in [7, 11) is 1.79. The highest BCUT2D eigenvalue weighted by atomic mass is 35.5. The van der Waals surface area contributed by atoms with Crippen molar-refractivity contribution in [1.82, 2.24) is 14.5 Å². The van der Waals surface area contributed by atoms with Gasteiger partial charge < -0.3 is 18.8 Å². The van der Waals surface area contributed by atoms with E-state index in [4.69, 9.17) is 25.8 Å². The first kappa shape index (κ1) is 23.0. The Balaban J connectivity index is 1.88. The lowest BCUT2D eigenvalue weighted by atomic mass is 10.0. The van der Waals surface area contributed by atoms with Crippen molar-refractivity contribution in [3.63, 3.8) is 0 Å². The fourth-order valence-electron chi connectivity index (χ4n) is 3.61. The van der Waals surface area contributed by atoms with E-state index in [2.05, 4.69) is 29.6 Å². The summed E-state index contributed by atoms with van der Waals surface area (Å²) < 4.78 is 35.0. The quantitative estimate of drug-likeness (QED) is 0.161. The van der Waals surface area contributed by atoms with E-state index in [-0.39, 0.29) is 11.3 Å². The van der Waals surface area contributed by atoms with Gasteiger partial charge in [0.25, 0.3) is 0 Å². The second kappa shape index (κ2) is 8.97. The van der Waals surface area contributed by atoms with E-state index < -0.39 is 13.9 Å². The highest BCUT2D eigenvalue weighted by Gasteiger charge is 2.27. The van der Waals surface area contributed by atoms with Gasteiger partial charge in [-0.05, 0) is 18.2 Å². The molecule has 0 N–H and O–H groups in total. The number of methoxy groups -OCH3 is 2. The molecule has 0 fully saturated rings. The molecule has 32 heavy (non-hydrogen) atoms. The fraction of sp³-hybridized carbons (Fsp3) is 0.364. The van der Waals surface area contributed by atoms with Crippen LogP contribution >= 0.6 is 22.9 Å². The van der Waals surface area contributed by atoms with Crippen molar-refractivity contribution in [2.45, 2.75) is 32.4 Å². The Morgan fingerprint density at radius 2 is 1.91 bits per heavy atom. The third-order valence-corrected chi connectivity index (χ3v) is 7.97. The summed E-state index contributed by atoms with van der Waals surface area (Å²) >= 11 is 7.52. The van der Waals surface area contributed by atoms with Crippen LogP contribution in [0.25, 0.3) is 32.4 Å². The van der Waals surface area contributed by atoms with Crippen LogP contribution in [0.5, 0.6) is 11.5 Å². The van der Waals surface area contributed by atoms with Crippen LogP contribution in [0.15, 0.2) is 23.8 Å². The highest BCUT2D eigenvalue weighted by Crippen LogP contribution is 2.49. The van der Waals surface area contributed by atoms with Crippen molar-refractivity contribution in [1.29, 1.82) is 0 Å². The first-order valence-corrected chi connectivity index (χ1v) is 15.1. The topological polar surface area (TPSA) is 58.4 Å². The molecule has 0 aliphatic rings. The van der Waals surface area contributed by atoms with Crippen LogP contribution in [0.4, 0.5) is 4.39 Å². The number of thiazole rings is 1. The second-order valence-electron chi connectivity index (χ2n) is 8.65. The number of nitrogens with zero attached hydrogens (tertiary/aromatic N) is 3. The average Bonchev–Trinajstić information content (AvgIpc) is 3.35. The predicted octanol–water partition coefficient (Wildman–Crippen LogP) is 6.44. The summed E-state index contributed by atoms with van der Waals surface area (Å²) in [4.78, 5) is 8.66. The van der Waals surface area contributed by atoms with Crippen LogP contribution in [0, 0.1) is 5.82 Å². The molecule has 0 radical (unpaired) electrons. The molecule has 4 rings (SSSR count). The minimum Gasteiger partial charge on any atom is -0.494 e. The van der Waals surface area contributed by atoms with Gasteiger partial charge in [-0.25, -0.2) is 14.4 Å². The van der Waals surface area contributed by atoms with Gasteiger partial charge in [-0.15, -0.1) is 11.3 Å².